The summed E-state index contributed by atoms with van der Waals surface area (Å²) >= 11 is 0. The number of likely N-dealkylation sites (tertiary alicyclic amines) is 1. The van der Waals surface area contributed by atoms with Crippen LogP contribution in [0.2, 0.25) is 0 Å². The van der Waals surface area contributed by atoms with Crippen molar-refractivity contribution in [3.05, 3.63) is 0 Å². The van der Waals surface area contributed by atoms with Crippen LogP contribution in [-0.2, 0) is 0 Å². The Hall–Kier alpha value is -0.0800. The standard InChI is InChI=1S/C12H24N2/c13-6-9-14-7-4-12(5-8-14)10-11-2-1-3-11/h11-12H,1-10,13H2. The summed E-state index contributed by atoms with van der Waals surface area (Å²) in [4.78, 5) is 2.53. The van der Waals surface area contributed by atoms with E-state index in [0.29, 0.717) is 0 Å². The first-order chi connectivity index (χ1) is 6.88. The molecule has 2 aliphatic rings. The molecule has 82 valence electrons. The van der Waals surface area contributed by atoms with Gasteiger partial charge in [-0.1, -0.05) is 19.3 Å². The molecular formula is C12H24N2. The molecule has 2 heteroatoms. The zero-order valence-electron chi connectivity index (χ0n) is 9.25. The third-order valence-electron chi connectivity index (χ3n) is 4.04. The van der Waals surface area contributed by atoms with Gasteiger partial charge in [-0.2, -0.15) is 0 Å². The zero-order valence-corrected chi connectivity index (χ0v) is 9.25. The molecule has 14 heavy (non-hydrogen) atoms. The molecular weight excluding hydrogens is 172 g/mol. The van der Waals surface area contributed by atoms with E-state index in [2.05, 4.69) is 4.90 Å². The van der Waals surface area contributed by atoms with Gasteiger partial charge in [0.2, 0.25) is 0 Å². The van der Waals surface area contributed by atoms with Crippen molar-refractivity contribution in [2.75, 3.05) is 26.2 Å². The molecule has 2 nitrogen and oxygen atoms in total. The molecule has 1 saturated heterocycles. The second-order valence-corrected chi connectivity index (χ2v) is 5.11. The Bertz CT molecular complexity index is 158. The maximum absolute atomic E-state index is 5.56. The Kier molecular flexibility index (Phi) is 3.82. The first-order valence-electron chi connectivity index (χ1n) is 6.31. The van der Waals surface area contributed by atoms with Crippen LogP contribution in [0.15, 0.2) is 0 Å². The van der Waals surface area contributed by atoms with Crippen molar-refractivity contribution in [2.45, 2.75) is 38.5 Å². The summed E-state index contributed by atoms with van der Waals surface area (Å²) in [5, 5.41) is 0. The van der Waals surface area contributed by atoms with Gasteiger partial charge >= 0.3 is 0 Å². The van der Waals surface area contributed by atoms with Gasteiger partial charge in [-0.25, -0.2) is 0 Å². The zero-order chi connectivity index (χ0) is 9.80. The average Bonchev–Trinajstić information content (AvgIpc) is 2.14. The first-order valence-corrected chi connectivity index (χ1v) is 6.31. The highest BCUT2D eigenvalue weighted by molar-refractivity contribution is 4.78. The molecule has 0 spiro atoms. The minimum absolute atomic E-state index is 0.827. The molecule has 0 aromatic carbocycles. The fourth-order valence-corrected chi connectivity index (χ4v) is 2.83. The topological polar surface area (TPSA) is 29.3 Å². The van der Waals surface area contributed by atoms with Crippen molar-refractivity contribution in [3.63, 3.8) is 0 Å². The van der Waals surface area contributed by atoms with Gasteiger partial charge in [0.15, 0.2) is 0 Å². The van der Waals surface area contributed by atoms with Crippen LogP contribution in [0.3, 0.4) is 0 Å². The Morgan fingerprint density at radius 2 is 1.64 bits per heavy atom. The Labute approximate surface area is 87.8 Å². The summed E-state index contributed by atoms with van der Waals surface area (Å²) in [6.07, 6.45) is 8.91. The summed E-state index contributed by atoms with van der Waals surface area (Å²) in [5.41, 5.74) is 5.56. The van der Waals surface area contributed by atoms with Gasteiger partial charge in [0.05, 0.1) is 0 Å². The Morgan fingerprint density at radius 1 is 1.00 bits per heavy atom. The van der Waals surface area contributed by atoms with Gasteiger partial charge in [0.1, 0.15) is 0 Å². The molecule has 0 atom stereocenters. The third kappa shape index (κ3) is 2.71. The SMILES string of the molecule is NCCN1CCC(CC2CCC2)CC1. The van der Waals surface area contributed by atoms with Crippen molar-refractivity contribution < 1.29 is 0 Å². The molecule has 2 rings (SSSR count). The van der Waals surface area contributed by atoms with Crippen LogP contribution in [0.4, 0.5) is 0 Å². The summed E-state index contributed by atoms with van der Waals surface area (Å²) in [7, 11) is 0. The van der Waals surface area contributed by atoms with E-state index in [0.717, 1.165) is 24.9 Å². The molecule has 0 bridgehead atoms. The van der Waals surface area contributed by atoms with E-state index in [-0.39, 0.29) is 0 Å². The number of rotatable bonds is 4. The maximum atomic E-state index is 5.56. The highest BCUT2D eigenvalue weighted by Gasteiger charge is 2.24. The smallest absolute Gasteiger partial charge is 0.0105 e. The van der Waals surface area contributed by atoms with E-state index in [1.807, 2.05) is 0 Å². The van der Waals surface area contributed by atoms with Crippen molar-refractivity contribution in [3.8, 4) is 0 Å². The van der Waals surface area contributed by atoms with Gasteiger partial charge in [0.25, 0.3) is 0 Å². The molecule has 0 unspecified atom stereocenters. The van der Waals surface area contributed by atoms with Gasteiger partial charge < -0.3 is 10.6 Å². The lowest BCUT2D eigenvalue weighted by Gasteiger charge is -2.35. The second kappa shape index (κ2) is 5.13. The minimum atomic E-state index is 0.827. The first kappa shape index (κ1) is 10.4. The molecule has 0 amide bonds. The van der Waals surface area contributed by atoms with Crippen LogP contribution < -0.4 is 5.73 Å². The van der Waals surface area contributed by atoms with Crippen LogP contribution >= 0.6 is 0 Å². The van der Waals surface area contributed by atoms with Crippen LogP contribution in [-0.4, -0.2) is 31.1 Å². The number of nitrogens with two attached hydrogens (primary N) is 1. The number of hydrogen-bond acceptors (Lipinski definition) is 2. The number of piperidine rings is 1. The lowest BCUT2D eigenvalue weighted by atomic mass is 9.76. The molecule has 0 aromatic rings. The van der Waals surface area contributed by atoms with E-state index in [1.165, 1.54) is 51.6 Å². The summed E-state index contributed by atoms with van der Waals surface area (Å²) < 4.78 is 0. The summed E-state index contributed by atoms with van der Waals surface area (Å²) in [6, 6.07) is 0. The summed E-state index contributed by atoms with van der Waals surface area (Å²) in [5.74, 6) is 2.13. The molecule has 2 fully saturated rings. The predicted molar refractivity (Wildman–Crippen MR) is 60.2 cm³/mol. The third-order valence-corrected chi connectivity index (χ3v) is 4.04. The van der Waals surface area contributed by atoms with E-state index < -0.39 is 0 Å². The van der Waals surface area contributed by atoms with Gasteiger partial charge in [-0.05, 0) is 44.2 Å². The van der Waals surface area contributed by atoms with Gasteiger partial charge in [-0.15, -0.1) is 0 Å². The number of nitrogens with zero attached hydrogens (tertiary/aromatic N) is 1. The summed E-state index contributed by atoms with van der Waals surface area (Å²) in [6.45, 7) is 4.53. The average molecular weight is 196 g/mol. The highest BCUT2D eigenvalue weighted by atomic mass is 15.1. The van der Waals surface area contributed by atoms with Gasteiger partial charge in [0, 0.05) is 13.1 Å². The molecule has 0 radical (unpaired) electrons. The molecule has 0 aromatic heterocycles. The van der Waals surface area contributed by atoms with E-state index in [1.54, 1.807) is 0 Å². The van der Waals surface area contributed by atoms with E-state index >= 15 is 0 Å². The normalized spacial score (nSPS) is 26.4. The molecule has 1 aliphatic carbocycles. The van der Waals surface area contributed by atoms with Gasteiger partial charge in [-0.3, -0.25) is 0 Å². The van der Waals surface area contributed by atoms with Crippen LogP contribution in [0.5, 0.6) is 0 Å². The largest absolute Gasteiger partial charge is 0.329 e. The van der Waals surface area contributed by atoms with Crippen LogP contribution in [0.1, 0.15) is 38.5 Å². The highest BCUT2D eigenvalue weighted by Crippen LogP contribution is 2.35. The molecule has 1 aliphatic heterocycles. The van der Waals surface area contributed by atoms with Crippen LogP contribution in [0.25, 0.3) is 0 Å². The fraction of sp³-hybridized carbons (Fsp3) is 1.00. The van der Waals surface area contributed by atoms with E-state index in [9.17, 15) is 0 Å². The quantitative estimate of drug-likeness (QED) is 0.743. The van der Waals surface area contributed by atoms with Crippen molar-refractivity contribution in [2.24, 2.45) is 17.6 Å². The van der Waals surface area contributed by atoms with Crippen molar-refractivity contribution >= 4 is 0 Å². The van der Waals surface area contributed by atoms with Crippen LogP contribution in [0, 0.1) is 11.8 Å². The Balaban J connectivity index is 1.62. The van der Waals surface area contributed by atoms with Crippen molar-refractivity contribution in [1.29, 1.82) is 0 Å². The number of hydrogen-bond donors (Lipinski definition) is 1. The molecule has 1 heterocycles. The molecule has 1 saturated carbocycles. The lowest BCUT2D eigenvalue weighted by molar-refractivity contribution is 0.151. The minimum Gasteiger partial charge on any atom is -0.329 e. The Morgan fingerprint density at radius 3 is 2.14 bits per heavy atom. The van der Waals surface area contributed by atoms with E-state index in [4.69, 9.17) is 5.73 Å². The molecule has 2 N–H and O–H groups in total. The fourth-order valence-electron chi connectivity index (χ4n) is 2.83. The second-order valence-electron chi connectivity index (χ2n) is 5.11. The monoisotopic (exact) mass is 196 g/mol. The maximum Gasteiger partial charge on any atom is 0.0105 e. The lowest BCUT2D eigenvalue weighted by Crippen LogP contribution is -2.37. The van der Waals surface area contributed by atoms with Crippen molar-refractivity contribution in [1.82, 2.24) is 4.90 Å². The predicted octanol–water partition coefficient (Wildman–Crippen LogP) is 1.85.